The minimum Gasteiger partial charge on any atom is -0.294 e. The van der Waals surface area contributed by atoms with Crippen molar-refractivity contribution in [2.45, 2.75) is 9.49 Å². The highest BCUT2D eigenvalue weighted by molar-refractivity contribution is 8.21. The Morgan fingerprint density at radius 3 is 1.62 bits per heavy atom. The summed E-state index contributed by atoms with van der Waals surface area (Å²) in [5.41, 5.74) is 8.60. The van der Waals surface area contributed by atoms with Crippen molar-refractivity contribution in [3.63, 3.8) is 0 Å². The third-order valence-corrected chi connectivity index (χ3v) is 13.0. The van der Waals surface area contributed by atoms with Crippen LogP contribution in [0.4, 0.5) is 0 Å². The van der Waals surface area contributed by atoms with Crippen LogP contribution in [0.25, 0.3) is 16.7 Å². The third kappa shape index (κ3) is 3.09. The maximum Gasteiger partial charge on any atom is 0.161 e. The fraction of sp³-hybridized carbons (Fsp3) is 0.194. The van der Waals surface area contributed by atoms with Crippen LogP contribution < -0.4 is 0 Å². The molecule has 0 N–H and O–H groups in total. The molecule has 190 valence electrons. The van der Waals surface area contributed by atoms with Gasteiger partial charge in [0.2, 0.25) is 0 Å². The molecule has 4 atom stereocenters. The number of fused-ring (bicyclic) bond motifs is 3. The third-order valence-electron chi connectivity index (χ3n) is 9.29. The lowest BCUT2D eigenvalue weighted by molar-refractivity contribution is -0.119. The summed E-state index contributed by atoms with van der Waals surface area (Å²) in [4.78, 5) is 14.5. The molecule has 3 heteroatoms. The van der Waals surface area contributed by atoms with E-state index in [0.29, 0.717) is 5.78 Å². The fourth-order valence-electron chi connectivity index (χ4n) is 8.19. The van der Waals surface area contributed by atoms with Crippen molar-refractivity contribution in [3.05, 3.63) is 150 Å². The second-order valence-corrected chi connectivity index (χ2v) is 13.9. The van der Waals surface area contributed by atoms with Gasteiger partial charge in [-0.2, -0.15) is 0 Å². The number of thioether (sulfide) groups is 2. The van der Waals surface area contributed by atoms with Gasteiger partial charge < -0.3 is 0 Å². The Hall–Kier alpha value is -3.27. The Kier molecular flexibility index (Phi) is 5.37. The average molecular weight is 541 g/mol. The van der Waals surface area contributed by atoms with E-state index in [1.807, 2.05) is 6.08 Å². The molecule has 4 aromatic carbocycles. The fourth-order valence-corrected chi connectivity index (χ4v) is 12.1. The van der Waals surface area contributed by atoms with Gasteiger partial charge in [-0.15, -0.1) is 23.5 Å². The Balaban J connectivity index is 1.51. The van der Waals surface area contributed by atoms with Crippen LogP contribution in [0.1, 0.15) is 22.3 Å². The molecule has 1 aliphatic heterocycles. The van der Waals surface area contributed by atoms with E-state index in [9.17, 15) is 4.79 Å². The van der Waals surface area contributed by atoms with E-state index in [1.54, 1.807) is 0 Å². The second kappa shape index (κ2) is 8.87. The van der Waals surface area contributed by atoms with E-state index in [4.69, 9.17) is 0 Å². The van der Waals surface area contributed by atoms with Crippen LogP contribution in [-0.2, 0) is 10.2 Å². The normalized spacial score (nSPS) is 28.3. The van der Waals surface area contributed by atoms with Crippen molar-refractivity contribution in [2.24, 2.45) is 17.8 Å². The predicted molar refractivity (Wildman–Crippen MR) is 165 cm³/mol. The molecule has 2 fully saturated rings. The first kappa shape index (κ1) is 23.6. The van der Waals surface area contributed by atoms with Gasteiger partial charge in [0, 0.05) is 34.7 Å². The quantitative estimate of drug-likeness (QED) is 0.259. The molecular weight excluding hydrogens is 513 g/mol. The largest absolute Gasteiger partial charge is 0.294 e. The number of ketones is 1. The molecule has 4 aliphatic rings. The highest BCUT2D eigenvalue weighted by atomic mass is 32.2. The van der Waals surface area contributed by atoms with Gasteiger partial charge in [0.15, 0.2) is 5.78 Å². The second-order valence-electron chi connectivity index (χ2n) is 10.9. The number of hydrogen-bond donors (Lipinski definition) is 0. The molecule has 1 heterocycles. The van der Waals surface area contributed by atoms with Gasteiger partial charge in [0.1, 0.15) is 0 Å². The van der Waals surface area contributed by atoms with Crippen LogP contribution in [0, 0.1) is 17.8 Å². The first-order valence-corrected chi connectivity index (χ1v) is 15.7. The molecule has 1 nitrogen and oxygen atoms in total. The highest BCUT2D eigenvalue weighted by Gasteiger charge is 2.78. The standard InChI is InChI=1S/C36H28OS2/c37-29-23-28(24-13-5-1-6-14-24)35(27-19-11-4-12-20-27)32(29)33-30(25-15-7-2-8-16-25)31(26-17-9-3-10-18-26)34(35)36(33)38-21-22-39-36/h1-20,23,32-34H,21-22H2/t32-,33-,34-,35+/m0/s1. The summed E-state index contributed by atoms with van der Waals surface area (Å²) >= 11 is 4.24. The van der Waals surface area contributed by atoms with Crippen LogP contribution in [0.15, 0.2) is 127 Å². The van der Waals surface area contributed by atoms with Crippen LogP contribution >= 0.6 is 23.5 Å². The molecule has 1 saturated carbocycles. The monoisotopic (exact) mass is 540 g/mol. The van der Waals surface area contributed by atoms with Gasteiger partial charge in [-0.3, -0.25) is 4.79 Å². The summed E-state index contributed by atoms with van der Waals surface area (Å²) < 4.78 is -0.0825. The van der Waals surface area contributed by atoms with Gasteiger partial charge in [0.25, 0.3) is 0 Å². The Labute approximate surface area is 238 Å². The van der Waals surface area contributed by atoms with E-state index < -0.39 is 5.41 Å². The first-order valence-electron chi connectivity index (χ1n) is 13.8. The van der Waals surface area contributed by atoms with Gasteiger partial charge in [-0.1, -0.05) is 121 Å². The molecule has 0 unspecified atom stereocenters. The van der Waals surface area contributed by atoms with Crippen molar-refractivity contribution in [1.82, 2.24) is 0 Å². The zero-order chi connectivity index (χ0) is 26.0. The zero-order valence-corrected chi connectivity index (χ0v) is 23.1. The molecule has 0 radical (unpaired) electrons. The van der Waals surface area contributed by atoms with Crippen molar-refractivity contribution in [2.75, 3.05) is 11.5 Å². The number of hydrogen-bond acceptors (Lipinski definition) is 3. The topological polar surface area (TPSA) is 17.1 Å². The van der Waals surface area contributed by atoms with Crippen LogP contribution in [-0.4, -0.2) is 21.4 Å². The molecule has 0 amide bonds. The summed E-state index contributed by atoms with van der Waals surface area (Å²) in [5.74, 6) is 2.70. The molecule has 2 bridgehead atoms. The summed E-state index contributed by atoms with van der Waals surface area (Å²) in [6.45, 7) is 0. The maximum atomic E-state index is 14.5. The predicted octanol–water partition coefficient (Wildman–Crippen LogP) is 8.25. The molecule has 0 aromatic heterocycles. The Morgan fingerprint density at radius 2 is 1.05 bits per heavy atom. The van der Waals surface area contributed by atoms with E-state index in [0.717, 1.165) is 11.5 Å². The van der Waals surface area contributed by atoms with Gasteiger partial charge in [-0.25, -0.2) is 0 Å². The summed E-state index contributed by atoms with van der Waals surface area (Å²) in [7, 11) is 0. The van der Waals surface area contributed by atoms with E-state index in [2.05, 4.69) is 145 Å². The Bertz CT molecular complexity index is 1620. The highest BCUT2D eigenvalue weighted by Crippen LogP contribution is 2.82. The molecular formula is C36H28OS2. The number of allylic oxidation sites excluding steroid dienone is 4. The molecule has 3 aliphatic carbocycles. The summed E-state index contributed by atoms with van der Waals surface area (Å²) in [5, 5.41) is 0. The Morgan fingerprint density at radius 1 is 0.564 bits per heavy atom. The smallest absolute Gasteiger partial charge is 0.161 e. The van der Waals surface area contributed by atoms with Crippen molar-refractivity contribution >= 4 is 46.0 Å². The summed E-state index contributed by atoms with van der Waals surface area (Å²) in [6, 6.07) is 43.6. The van der Waals surface area contributed by atoms with Crippen molar-refractivity contribution in [1.29, 1.82) is 0 Å². The lowest BCUT2D eigenvalue weighted by atomic mass is 9.57. The maximum absolute atomic E-state index is 14.5. The lowest BCUT2D eigenvalue weighted by Crippen LogP contribution is -2.42. The average Bonchev–Trinajstić information content (AvgIpc) is 3.74. The lowest BCUT2D eigenvalue weighted by Gasteiger charge is -2.44. The summed E-state index contributed by atoms with van der Waals surface area (Å²) in [6.07, 6.45) is 2.01. The number of carbonyl (C=O) groups excluding carboxylic acids is 1. The van der Waals surface area contributed by atoms with Gasteiger partial charge >= 0.3 is 0 Å². The zero-order valence-electron chi connectivity index (χ0n) is 21.5. The minimum absolute atomic E-state index is 0.0825. The van der Waals surface area contributed by atoms with Gasteiger partial charge in [-0.05, 0) is 45.0 Å². The van der Waals surface area contributed by atoms with E-state index in [-0.39, 0.29) is 21.8 Å². The van der Waals surface area contributed by atoms with Crippen LogP contribution in [0.3, 0.4) is 0 Å². The molecule has 8 rings (SSSR count). The van der Waals surface area contributed by atoms with Crippen LogP contribution in [0.5, 0.6) is 0 Å². The van der Waals surface area contributed by atoms with E-state index >= 15 is 0 Å². The number of benzene rings is 4. The first-order chi connectivity index (χ1) is 19.3. The van der Waals surface area contributed by atoms with Crippen molar-refractivity contribution < 1.29 is 4.79 Å². The molecule has 1 spiro atoms. The van der Waals surface area contributed by atoms with Crippen LogP contribution in [0.2, 0.25) is 0 Å². The minimum atomic E-state index is -0.418. The van der Waals surface area contributed by atoms with E-state index in [1.165, 1.54) is 39.0 Å². The van der Waals surface area contributed by atoms with Gasteiger partial charge in [0.05, 0.1) is 4.08 Å². The SMILES string of the molecule is O=C1C=C(c2ccccc2)[C@@]2(c3ccccc3)[C@@H]3C(c4ccccc4)=C(c4ccccc4)[C@@H]([C@H]12)C31SCCS1. The molecule has 39 heavy (non-hydrogen) atoms. The molecule has 1 saturated heterocycles. The number of carbonyl (C=O) groups is 1. The van der Waals surface area contributed by atoms with Crippen molar-refractivity contribution in [3.8, 4) is 0 Å². The molecule has 4 aromatic rings. The number of rotatable bonds is 4.